The van der Waals surface area contributed by atoms with Crippen LogP contribution in [0.1, 0.15) is 5.69 Å². The Labute approximate surface area is 82.0 Å². The molecule has 1 rings (SSSR count). The monoisotopic (exact) mass is 276 g/mol. The molecule has 0 saturated carbocycles. The number of pyridine rings is 1. The Morgan fingerprint density at radius 3 is 2.82 bits per heavy atom. The number of hydrogen-bond donors (Lipinski definition) is 0. The van der Waals surface area contributed by atoms with Gasteiger partial charge >= 0.3 is 0 Å². The molecule has 0 saturated heterocycles. The van der Waals surface area contributed by atoms with Crippen molar-refractivity contribution in [1.82, 2.24) is 4.98 Å². The average Bonchev–Trinajstić information content (AvgIpc) is 1.98. The minimum atomic E-state index is 0.815. The lowest BCUT2D eigenvalue weighted by Crippen LogP contribution is -1.89. The Hall–Kier alpha value is -0.220. The van der Waals surface area contributed by atoms with Crippen molar-refractivity contribution in [2.75, 3.05) is 7.05 Å². The van der Waals surface area contributed by atoms with Gasteiger partial charge < -0.3 is 0 Å². The van der Waals surface area contributed by atoms with Crippen molar-refractivity contribution in [3.8, 4) is 0 Å². The first-order valence-electron chi connectivity index (χ1n) is 2.98. The van der Waals surface area contributed by atoms with Crippen LogP contribution in [0, 0.1) is 0 Å². The summed E-state index contributed by atoms with van der Waals surface area (Å²) in [6.07, 6.45) is 1.70. The van der Waals surface area contributed by atoms with Gasteiger partial charge in [-0.25, -0.2) is 4.98 Å². The van der Waals surface area contributed by atoms with E-state index in [1.165, 1.54) is 0 Å². The highest BCUT2D eigenvalue weighted by Gasteiger charge is 1.97. The maximum Gasteiger partial charge on any atom is 0.106 e. The molecule has 0 bridgehead atoms. The van der Waals surface area contributed by atoms with Gasteiger partial charge in [-0.3, -0.25) is 4.99 Å². The van der Waals surface area contributed by atoms with E-state index in [9.17, 15) is 0 Å². The third-order valence-electron chi connectivity index (χ3n) is 1.09. The molecular weight excluding hydrogens is 272 g/mol. The van der Waals surface area contributed by atoms with Gasteiger partial charge in [0, 0.05) is 17.7 Å². The Morgan fingerprint density at radius 1 is 1.45 bits per heavy atom. The van der Waals surface area contributed by atoms with Crippen molar-refractivity contribution in [1.29, 1.82) is 0 Å². The third kappa shape index (κ3) is 2.38. The smallest absolute Gasteiger partial charge is 0.106 e. The first-order chi connectivity index (χ1) is 5.24. The summed E-state index contributed by atoms with van der Waals surface area (Å²) in [6.45, 7) is 0. The highest BCUT2D eigenvalue weighted by molar-refractivity contribution is 9.11. The van der Waals surface area contributed by atoms with E-state index in [0.717, 1.165) is 14.8 Å². The fourth-order valence-electron chi connectivity index (χ4n) is 0.646. The fraction of sp³-hybridized carbons (Fsp3) is 0.143. The molecule has 0 atom stereocenters. The Morgan fingerprint density at radius 2 is 2.18 bits per heavy atom. The molecule has 0 fully saturated rings. The molecule has 11 heavy (non-hydrogen) atoms. The zero-order valence-electron chi connectivity index (χ0n) is 5.88. The van der Waals surface area contributed by atoms with Gasteiger partial charge in [0.2, 0.25) is 0 Å². The molecule has 0 radical (unpaired) electrons. The normalized spacial score (nSPS) is 10.8. The van der Waals surface area contributed by atoms with Crippen molar-refractivity contribution in [3.05, 3.63) is 26.9 Å². The van der Waals surface area contributed by atoms with Crippen LogP contribution >= 0.6 is 31.9 Å². The zero-order valence-corrected chi connectivity index (χ0v) is 9.05. The number of rotatable bonds is 1. The lowest BCUT2D eigenvalue weighted by Gasteiger charge is -1.96. The van der Waals surface area contributed by atoms with Crippen molar-refractivity contribution < 1.29 is 0 Å². The summed E-state index contributed by atoms with van der Waals surface area (Å²) in [5.41, 5.74) is 0.835. The van der Waals surface area contributed by atoms with E-state index in [2.05, 4.69) is 41.8 Å². The van der Waals surface area contributed by atoms with E-state index in [1.54, 1.807) is 13.3 Å². The molecule has 1 aromatic rings. The first-order valence-corrected chi connectivity index (χ1v) is 4.57. The van der Waals surface area contributed by atoms with Gasteiger partial charge in [-0.1, -0.05) is 0 Å². The van der Waals surface area contributed by atoms with E-state index >= 15 is 0 Å². The minimum Gasteiger partial charge on any atom is -0.294 e. The minimum absolute atomic E-state index is 0.815. The van der Waals surface area contributed by atoms with Crippen LogP contribution in [-0.4, -0.2) is 18.2 Å². The Balaban J connectivity index is 3.12. The SMILES string of the molecule is C/N=C/c1nc(Br)ccc1Br. The maximum absolute atomic E-state index is 4.18. The second-order valence-corrected chi connectivity index (χ2v) is 3.56. The predicted octanol–water partition coefficient (Wildman–Crippen LogP) is 2.66. The van der Waals surface area contributed by atoms with E-state index in [0.29, 0.717) is 0 Å². The molecule has 4 heteroatoms. The number of hydrogen-bond acceptors (Lipinski definition) is 2. The lowest BCUT2D eigenvalue weighted by atomic mass is 10.4. The Kier molecular flexibility index (Phi) is 3.20. The highest BCUT2D eigenvalue weighted by atomic mass is 79.9. The zero-order chi connectivity index (χ0) is 8.27. The second kappa shape index (κ2) is 3.97. The topological polar surface area (TPSA) is 25.2 Å². The van der Waals surface area contributed by atoms with Crippen molar-refractivity contribution in [2.24, 2.45) is 4.99 Å². The molecule has 0 spiro atoms. The molecule has 1 aromatic heterocycles. The molecule has 0 aliphatic carbocycles. The van der Waals surface area contributed by atoms with Gasteiger partial charge in [-0.05, 0) is 44.0 Å². The summed E-state index contributed by atoms with van der Waals surface area (Å²) in [7, 11) is 1.72. The van der Waals surface area contributed by atoms with Crippen LogP contribution in [0.3, 0.4) is 0 Å². The van der Waals surface area contributed by atoms with Gasteiger partial charge in [0.1, 0.15) is 4.60 Å². The van der Waals surface area contributed by atoms with Gasteiger partial charge in [-0.2, -0.15) is 0 Å². The van der Waals surface area contributed by atoms with E-state index < -0.39 is 0 Å². The summed E-state index contributed by atoms with van der Waals surface area (Å²) in [5.74, 6) is 0. The van der Waals surface area contributed by atoms with E-state index in [1.807, 2.05) is 12.1 Å². The maximum atomic E-state index is 4.18. The van der Waals surface area contributed by atoms with Crippen LogP contribution in [0.5, 0.6) is 0 Å². The Bertz CT molecular complexity index is 284. The first kappa shape index (κ1) is 8.87. The van der Waals surface area contributed by atoms with Crippen molar-refractivity contribution in [3.63, 3.8) is 0 Å². The van der Waals surface area contributed by atoms with Crippen LogP contribution in [0.4, 0.5) is 0 Å². The van der Waals surface area contributed by atoms with Gasteiger partial charge in [0.25, 0.3) is 0 Å². The molecule has 0 aliphatic heterocycles. The van der Waals surface area contributed by atoms with Gasteiger partial charge in [0.05, 0.1) is 5.69 Å². The molecule has 0 N–H and O–H groups in total. The van der Waals surface area contributed by atoms with Crippen molar-refractivity contribution in [2.45, 2.75) is 0 Å². The third-order valence-corrected chi connectivity index (χ3v) is 2.20. The molecule has 0 aromatic carbocycles. The summed E-state index contributed by atoms with van der Waals surface area (Å²) in [4.78, 5) is 8.05. The molecule has 0 aliphatic rings. The molecular formula is C7H6Br2N2. The molecule has 1 heterocycles. The van der Waals surface area contributed by atoms with Gasteiger partial charge in [0.15, 0.2) is 0 Å². The van der Waals surface area contributed by atoms with Crippen LogP contribution in [0.15, 0.2) is 26.2 Å². The number of aromatic nitrogens is 1. The van der Waals surface area contributed by atoms with Gasteiger partial charge in [-0.15, -0.1) is 0 Å². The molecule has 2 nitrogen and oxygen atoms in total. The van der Waals surface area contributed by atoms with Crippen LogP contribution in [-0.2, 0) is 0 Å². The van der Waals surface area contributed by atoms with E-state index in [-0.39, 0.29) is 0 Å². The predicted molar refractivity (Wildman–Crippen MR) is 53.2 cm³/mol. The summed E-state index contributed by atoms with van der Waals surface area (Å²) in [5, 5.41) is 0. The molecule has 0 unspecified atom stereocenters. The van der Waals surface area contributed by atoms with Crippen LogP contribution < -0.4 is 0 Å². The quantitative estimate of drug-likeness (QED) is 0.572. The number of nitrogens with zero attached hydrogens (tertiary/aromatic N) is 2. The lowest BCUT2D eigenvalue weighted by molar-refractivity contribution is 1.23. The standard InChI is InChI=1S/C7H6Br2N2/c1-10-4-6-5(8)2-3-7(9)11-6/h2-4H,1H3/b10-4+. The second-order valence-electron chi connectivity index (χ2n) is 1.89. The molecule has 58 valence electrons. The summed E-state index contributed by atoms with van der Waals surface area (Å²) >= 11 is 6.63. The fourth-order valence-corrected chi connectivity index (χ4v) is 1.29. The van der Waals surface area contributed by atoms with Crippen LogP contribution in [0.25, 0.3) is 0 Å². The highest BCUT2D eigenvalue weighted by Crippen LogP contribution is 2.15. The number of halogens is 2. The average molecular weight is 278 g/mol. The summed E-state index contributed by atoms with van der Waals surface area (Å²) < 4.78 is 1.77. The molecule has 0 amide bonds. The van der Waals surface area contributed by atoms with Crippen LogP contribution in [0.2, 0.25) is 0 Å². The largest absolute Gasteiger partial charge is 0.294 e. The number of aliphatic imine (C=N–C) groups is 1. The van der Waals surface area contributed by atoms with Crippen molar-refractivity contribution >= 4 is 38.1 Å². The summed E-state index contributed by atoms with van der Waals surface area (Å²) in [6, 6.07) is 3.80. The van der Waals surface area contributed by atoms with E-state index in [4.69, 9.17) is 0 Å².